The summed E-state index contributed by atoms with van der Waals surface area (Å²) in [6.45, 7) is 6.06. The van der Waals surface area contributed by atoms with Crippen molar-refractivity contribution in [3.63, 3.8) is 0 Å². The molecular weight excluding hydrogens is 457 g/mol. The van der Waals surface area contributed by atoms with Crippen molar-refractivity contribution in [1.82, 2.24) is 5.16 Å². The lowest BCUT2D eigenvalue weighted by Crippen LogP contribution is -2.50. The lowest BCUT2D eigenvalue weighted by molar-refractivity contribution is -0.121. The summed E-state index contributed by atoms with van der Waals surface area (Å²) in [5.74, 6) is 0.549. The molecule has 6 atom stereocenters. The molecule has 1 aromatic rings. The normalized spacial score (nSPS) is 36.6. The second kappa shape index (κ2) is 8.47. The van der Waals surface area contributed by atoms with E-state index in [1.807, 2.05) is 6.08 Å². The molecule has 4 aliphatic rings. The zero-order valence-electron chi connectivity index (χ0n) is 19.8. The molecule has 0 saturated heterocycles. The van der Waals surface area contributed by atoms with Gasteiger partial charge in [-0.3, -0.25) is 9.59 Å². The Morgan fingerprint density at radius 1 is 1.24 bits per heavy atom. The van der Waals surface area contributed by atoms with Gasteiger partial charge in [0.05, 0.1) is 0 Å². The molecule has 3 fully saturated rings. The molecule has 8 heteroatoms. The molecule has 0 spiro atoms. The van der Waals surface area contributed by atoms with Gasteiger partial charge in [-0.2, -0.15) is 0 Å². The van der Waals surface area contributed by atoms with Crippen LogP contribution in [0.1, 0.15) is 68.6 Å². The Hall–Kier alpha value is -2.22. The van der Waals surface area contributed by atoms with Gasteiger partial charge in [-0.05, 0) is 80.8 Å². The van der Waals surface area contributed by atoms with E-state index in [1.54, 1.807) is 13.0 Å². The Bertz CT molecular complexity index is 1110. The molecule has 182 valence electrons. The number of carbonyl (C=O) groups excluding carboxylic acids is 3. The van der Waals surface area contributed by atoms with Crippen LogP contribution < -0.4 is 0 Å². The van der Waals surface area contributed by atoms with Crippen LogP contribution in [0.5, 0.6) is 0 Å². The first-order valence-electron chi connectivity index (χ1n) is 12.0. The van der Waals surface area contributed by atoms with E-state index >= 15 is 0 Å². The first-order chi connectivity index (χ1) is 16.2. The predicted octanol–water partition coefficient (Wildman–Crippen LogP) is 5.58. The second-order valence-corrected chi connectivity index (χ2v) is 11.6. The largest absolute Gasteiger partial charge is 0.418 e. The van der Waals surface area contributed by atoms with E-state index in [-0.39, 0.29) is 39.1 Å². The third-order valence-electron chi connectivity index (χ3n) is 9.15. The molecule has 34 heavy (non-hydrogen) atoms. The van der Waals surface area contributed by atoms with Crippen LogP contribution in [0.4, 0.5) is 4.39 Å². The van der Waals surface area contributed by atoms with E-state index in [9.17, 15) is 18.8 Å². The summed E-state index contributed by atoms with van der Waals surface area (Å²) >= 11 is 0.814. The smallest absolute Gasteiger partial charge is 0.366 e. The molecule has 0 unspecified atom stereocenters. The number of alkyl halides is 1. The van der Waals surface area contributed by atoms with Gasteiger partial charge in [0.15, 0.2) is 16.6 Å². The van der Waals surface area contributed by atoms with E-state index in [0.717, 1.165) is 55.9 Å². The molecular formula is C26H30FNO5S. The van der Waals surface area contributed by atoms with Gasteiger partial charge in [0.25, 0.3) is 0 Å². The molecule has 1 aromatic heterocycles. The van der Waals surface area contributed by atoms with Crippen molar-refractivity contribution in [2.75, 3.05) is 6.01 Å². The van der Waals surface area contributed by atoms with Gasteiger partial charge < -0.3 is 9.26 Å². The van der Waals surface area contributed by atoms with Gasteiger partial charge >= 0.3 is 5.97 Å². The van der Waals surface area contributed by atoms with Crippen LogP contribution in [-0.2, 0) is 14.3 Å². The Morgan fingerprint density at radius 3 is 2.74 bits per heavy atom. The summed E-state index contributed by atoms with van der Waals surface area (Å²) in [6, 6.07) is 0.819. The zero-order chi connectivity index (χ0) is 24.3. The molecule has 0 amide bonds. The Labute approximate surface area is 202 Å². The number of rotatable bonds is 4. The van der Waals surface area contributed by atoms with Crippen molar-refractivity contribution < 1.29 is 28.0 Å². The fourth-order valence-corrected chi connectivity index (χ4v) is 8.20. The van der Waals surface area contributed by atoms with Crippen molar-refractivity contribution in [3.05, 3.63) is 41.0 Å². The van der Waals surface area contributed by atoms with Gasteiger partial charge in [0.1, 0.15) is 11.8 Å². The molecule has 0 aliphatic heterocycles. The van der Waals surface area contributed by atoms with Crippen LogP contribution in [0.25, 0.3) is 0 Å². The van der Waals surface area contributed by atoms with Crippen LogP contribution in [0.2, 0.25) is 0 Å². The lowest BCUT2D eigenvalue weighted by atomic mass is 9.48. The summed E-state index contributed by atoms with van der Waals surface area (Å²) in [6.07, 6.45) is 8.93. The van der Waals surface area contributed by atoms with Gasteiger partial charge in [-0.15, -0.1) is 0 Å². The highest BCUT2D eigenvalue weighted by atomic mass is 32.2. The maximum Gasteiger partial charge on any atom is 0.366 e. The molecule has 1 heterocycles. The summed E-state index contributed by atoms with van der Waals surface area (Å²) in [5, 5.41) is 3.69. The zero-order valence-corrected chi connectivity index (χ0v) is 20.6. The number of fused-ring (bicyclic) bond motifs is 5. The number of aromatic nitrogens is 1. The van der Waals surface area contributed by atoms with Crippen molar-refractivity contribution in [3.8, 4) is 0 Å². The number of carbonyl (C=O) groups is 3. The number of allylic oxidation sites excluding steroid dienone is 3. The van der Waals surface area contributed by atoms with Gasteiger partial charge in [-0.25, -0.2) is 9.18 Å². The van der Waals surface area contributed by atoms with Crippen LogP contribution in [-0.4, -0.2) is 28.0 Å². The number of hydrogen-bond donors (Lipinski definition) is 0. The molecule has 5 rings (SSSR count). The minimum atomic E-state index is -0.706. The van der Waals surface area contributed by atoms with Crippen molar-refractivity contribution >= 4 is 28.6 Å². The van der Waals surface area contributed by atoms with Gasteiger partial charge in [0.2, 0.25) is 5.78 Å². The quantitative estimate of drug-likeness (QED) is 0.513. The van der Waals surface area contributed by atoms with Crippen LogP contribution in [0.3, 0.4) is 0 Å². The molecule has 4 aliphatic carbocycles. The van der Waals surface area contributed by atoms with Crippen molar-refractivity contribution in [2.45, 2.75) is 59.3 Å². The molecule has 3 saturated carbocycles. The Morgan fingerprint density at radius 2 is 2.03 bits per heavy atom. The average Bonchev–Trinajstić information content (AvgIpc) is 3.38. The Kier molecular flexibility index (Phi) is 5.86. The number of nitrogens with zero attached hydrogens (tertiary/aromatic N) is 1. The SMILES string of the molecule is Cc1cc(C(=O)OC2=C[C@@]3(C)C(=CC2=O)CC[C@H]2[C@@H]4CC[C@H](C(=O)SCF)[C@@]4(C)CC[C@@H]23)no1. The van der Waals surface area contributed by atoms with E-state index in [0.29, 0.717) is 23.5 Å². The summed E-state index contributed by atoms with van der Waals surface area (Å²) in [5.41, 5.74) is 0.641. The molecule has 0 aromatic carbocycles. The maximum absolute atomic E-state index is 12.9. The predicted molar refractivity (Wildman–Crippen MR) is 124 cm³/mol. The summed E-state index contributed by atoms with van der Waals surface area (Å²) in [7, 11) is 0. The number of ketones is 1. The first kappa shape index (κ1) is 23.5. The van der Waals surface area contributed by atoms with E-state index in [1.165, 1.54) is 6.07 Å². The fraction of sp³-hybridized carbons (Fsp3) is 0.615. The second-order valence-electron chi connectivity index (χ2n) is 10.7. The van der Waals surface area contributed by atoms with E-state index in [2.05, 4.69) is 19.0 Å². The minimum absolute atomic E-state index is 0.00555. The standard InChI is InChI=1S/C26H30FNO5S/c1-14-10-20(28-33-14)23(30)32-22-12-26(3)15(11-21(22)29)4-5-16-17-6-7-19(24(31)34-13-27)25(17,2)9-8-18(16)26/h10-12,16-19H,4-9,13H2,1-3H3/t16-,17-,18-,19+,25-,26-/m0/s1. The highest BCUT2D eigenvalue weighted by molar-refractivity contribution is 8.13. The number of halogens is 1. The van der Waals surface area contributed by atoms with Crippen LogP contribution in [0.15, 0.2) is 34.1 Å². The highest BCUT2D eigenvalue weighted by Crippen LogP contribution is 2.66. The van der Waals surface area contributed by atoms with E-state index in [4.69, 9.17) is 9.26 Å². The lowest BCUT2D eigenvalue weighted by Gasteiger charge is -2.56. The fourth-order valence-electron chi connectivity index (χ4n) is 7.50. The third kappa shape index (κ3) is 3.60. The van der Waals surface area contributed by atoms with Crippen molar-refractivity contribution in [1.29, 1.82) is 0 Å². The van der Waals surface area contributed by atoms with Crippen LogP contribution in [0, 0.1) is 41.4 Å². The molecule has 0 N–H and O–H groups in total. The average molecular weight is 488 g/mol. The summed E-state index contributed by atoms with van der Waals surface area (Å²) < 4.78 is 23.3. The number of esters is 1. The molecule has 6 nitrogen and oxygen atoms in total. The van der Waals surface area contributed by atoms with Gasteiger partial charge in [-0.1, -0.05) is 36.3 Å². The Balaban J connectivity index is 1.41. The first-order valence-corrected chi connectivity index (χ1v) is 13.0. The monoisotopic (exact) mass is 487 g/mol. The third-order valence-corrected chi connectivity index (χ3v) is 9.82. The number of thioether (sulfide) groups is 1. The summed E-state index contributed by atoms with van der Waals surface area (Å²) in [4.78, 5) is 38.0. The minimum Gasteiger partial charge on any atom is -0.418 e. The highest BCUT2D eigenvalue weighted by Gasteiger charge is 2.60. The maximum atomic E-state index is 12.9. The van der Waals surface area contributed by atoms with Crippen molar-refractivity contribution in [2.24, 2.45) is 34.5 Å². The topological polar surface area (TPSA) is 86.5 Å². The number of hydrogen-bond acceptors (Lipinski definition) is 7. The van der Waals surface area contributed by atoms with E-state index < -0.39 is 12.0 Å². The van der Waals surface area contributed by atoms with Crippen LogP contribution >= 0.6 is 11.8 Å². The number of ether oxygens (including phenoxy) is 1. The molecule has 0 bridgehead atoms. The molecule has 0 radical (unpaired) electrons. The number of aryl methyl sites for hydroxylation is 1. The van der Waals surface area contributed by atoms with Gasteiger partial charge in [0, 0.05) is 17.4 Å².